The van der Waals surface area contributed by atoms with Crippen molar-refractivity contribution in [3.8, 4) is 45.3 Å². The zero-order valence-electron chi connectivity index (χ0n) is 34.1. The zero-order chi connectivity index (χ0) is 41.9. The predicted octanol–water partition coefficient (Wildman–Crippen LogP) is 14.9. The Morgan fingerprint density at radius 3 is 1.89 bits per heavy atom. The van der Waals surface area contributed by atoms with E-state index in [4.69, 9.17) is 23.8 Å². The first-order valence-corrected chi connectivity index (χ1v) is 21.4. The molecular formula is C57H33N5O2. The maximum Gasteiger partial charge on any atom is 0.153 e. The van der Waals surface area contributed by atoms with Crippen LogP contribution in [0.5, 0.6) is 0 Å². The van der Waals surface area contributed by atoms with Crippen LogP contribution in [0.4, 0.5) is 0 Å². The van der Waals surface area contributed by atoms with Crippen molar-refractivity contribution in [2.45, 2.75) is 0 Å². The van der Waals surface area contributed by atoms with Gasteiger partial charge in [-0.3, -0.25) is 4.98 Å². The summed E-state index contributed by atoms with van der Waals surface area (Å²) in [4.78, 5) is 15.0. The van der Waals surface area contributed by atoms with E-state index in [1.807, 2.05) is 48.5 Å². The van der Waals surface area contributed by atoms with Crippen molar-refractivity contribution < 1.29 is 8.83 Å². The third kappa shape index (κ3) is 5.12. The first-order chi connectivity index (χ1) is 31.7. The minimum atomic E-state index is 0.722. The van der Waals surface area contributed by atoms with Gasteiger partial charge < -0.3 is 18.0 Å². The Kier molecular flexibility index (Phi) is 7.27. The second-order valence-electron chi connectivity index (χ2n) is 16.4. The van der Waals surface area contributed by atoms with Crippen molar-refractivity contribution in [2.24, 2.45) is 0 Å². The lowest BCUT2D eigenvalue weighted by Gasteiger charge is -2.10. The summed E-state index contributed by atoms with van der Waals surface area (Å²) in [5.74, 6) is 0. The molecule has 0 N–H and O–H groups in total. The number of hydrogen-bond acceptors (Lipinski definition) is 5. The van der Waals surface area contributed by atoms with Crippen molar-refractivity contribution in [3.63, 3.8) is 0 Å². The van der Waals surface area contributed by atoms with E-state index in [0.29, 0.717) is 0 Å². The van der Waals surface area contributed by atoms with Gasteiger partial charge in [0.15, 0.2) is 11.2 Å². The van der Waals surface area contributed by atoms with Crippen LogP contribution in [0.3, 0.4) is 0 Å². The van der Waals surface area contributed by atoms with Crippen molar-refractivity contribution in [3.05, 3.63) is 200 Å². The number of pyridine rings is 3. The lowest BCUT2D eigenvalue weighted by atomic mass is 9.98. The third-order valence-corrected chi connectivity index (χ3v) is 12.8. The van der Waals surface area contributed by atoms with E-state index in [9.17, 15) is 0 Å². The fourth-order valence-electron chi connectivity index (χ4n) is 9.94. The van der Waals surface area contributed by atoms with Crippen LogP contribution < -0.4 is 0 Å². The molecule has 7 aromatic heterocycles. The Morgan fingerprint density at radius 2 is 1.00 bits per heavy atom. The second-order valence-corrected chi connectivity index (χ2v) is 16.4. The fraction of sp³-hybridized carbons (Fsp3) is 0. The molecule has 7 heterocycles. The van der Waals surface area contributed by atoms with Crippen molar-refractivity contribution in [1.82, 2.24) is 24.1 Å². The van der Waals surface area contributed by atoms with E-state index in [0.717, 1.165) is 89.2 Å². The van der Waals surface area contributed by atoms with Gasteiger partial charge in [0, 0.05) is 49.1 Å². The molecule has 0 bridgehead atoms. The monoisotopic (exact) mass is 819 g/mol. The van der Waals surface area contributed by atoms with Gasteiger partial charge >= 0.3 is 0 Å². The molecule has 0 aliphatic rings. The number of aromatic nitrogens is 5. The summed E-state index contributed by atoms with van der Waals surface area (Å²) in [5.41, 5.74) is 16.1. The number of fused-ring (bicyclic) bond motifs is 12. The predicted molar refractivity (Wildman–Crippen MR) is 259 cm³/mol. The number of benzene rings is 7. The topological polar surface area (TPSA) is 74.8 Å². The normalized spacial score (nSPS) is 12.1. The number of para-hydroxylation sites is 4. The molecule has 0 amide bonds. The fourth-order valence-corrected chi connectivity index (χ4v) is 9.94. The summed E-state index contributed by atoms with van der Waals surface area (Å²) in [7, 11) is 0. The van der Waals surface area contributed by atoms with Gasteiger partial charge in [-0.2, -0.15) is 0 Å². The summed E-state index contributed by atoms with van der Waals surface area (Å²) in [6, 6.07) is 68.1. The smallest absolute Gasteiger partial charge is 0.153 e. The maximum absolute atomic E-state index is 6.41. The molecule has 0 unspecified atom stereocenters. The number of rotatable bonds is 5. The summed E-state index contributed by atoms with van der Waals surface area (Å²) >= 11 is 0. The number of nitrogens with zero attached hydrogens (tertiary/aromatic N) is 5. The van der Waals surface area contributed by atoms with E-state index in [-0.39, 0.29) is 0 Å². The summed E-state index contributed by atoms with van der Waals surface area (Å²) in [5, 5.41) is 7.87. The largest absolute Gasteiger partial charge is 0.454 e. The lowest BCUT2D eigenvalue weighted by molar-refractivity contribution is 0.667. The zero-order valence-corrected chi connectivity index (χ0v) is 34.1. The maximum atomic E-state index is 6.41. The van der Waals surface area contributed by atoms with E-state index in [1.165, 1.54) is 43.7 Å². The molecule has 0 fully saturated rings. The molecule has 7 nitrogen and oxygen atoms in total. The summed E-state index contributed by atoms with van der Waals surface area (Å²) in [6.45, 7) is 0. The van der Waals surface area contributed by atoms with Crippen molar-refractivity contribution >= 4 is 87.6 Å². The first-order valence-electron chi connectivity index (χ1n) is 21.4. The van der Waals surface area contributed by atoms with E-state index < -0.39 is 0 Å². The molecule has 0 aliphatic carbocycles. The minimum Gasteiger partial charge on any atom is -0.454 e. The van der Waals surface area contributed by atoms with Gasteiger partial charge in [0.25, 0.3) is 0 Å². The van der Waals surface area contributed by atoms with Crippen LogP contribution in [0.2, 0.25) is 0 Å². The van der Waals surface area contributed by atoms with Crippen LogP contribution in [0.1, 0.15) is 0 Å². The summed E-state index contributed by atoms with van der Waals surface area (Å²) < 4.78 is 17.2. The molecule has 0 saturated carbocycles. The highest BCUT2D eigenvalue weighted by molar-refractivity contribution is 6.18. The average Bonchev–Trinajstić information content (AvgIpc) is 4.11. The molecule has 0 aliphatic heterocycles. The van der Waals surface area contributed by atoms with Gasteiger partial charge in [0.1, 0.15) is 16.7 Å². The molecule has 7 heteroatoms. The Balaban J connectivity index is 0.895. The van der Waals surface area contributed by atoms with Gasteiger partial charge in [-0.15, -0.1) is 0 Å². The molecule has 0 radical (unpaired) electrons. The number of hydrogen-bond donors (Lipinski definition) is 0. The Hall–Kier alpha value is -8.81. The Labute approximate surface area is 364 Å². The number of furan rings is 2. The molecule has 0 spiro atoms. The molecule has 64 heavy (non-hydrogen) atoms. The minimum absolute atomic E-state index is 0.722. The SMILES string of the molecule is c1ccc(-n2c3ccccc3c3cc(-c4cccc5c4c4ccccc4n5-c4ccc5oc6ccc(-c7cccc(-c8cc9c(cn8)oc8ccccc89)n7)nc6c5c4)ccc32)cc1. The quantitative estimate of drug-likeness (QED) is 0.173. The highest BCUT2D eigenvalue weighted by Gasteiger charge is 2.20. The van der Waals surface area contributed by atoms with Crippen LogP contribution in [0.25, 0.3) is 133 Å². The highest BCUT2D eigenvalue weighted by Crippen LogP contribution is 2.42. The van der Waals surface area contributed by atoms with Crippen LogP contribution in [-0.2, 0) is 0 Å². The van der Waals surface area contributed by atoms with Crippen LogP contribution in [-0.4, -0.2) is 24.1 Å². The first kappa shape index (κ1) is 34.9. The van der Waals surface area contributed by atoms with Crippen LogP contribution in [0, 0.1) is 0 Å². The van der Waals surface area contributed by atoms with Gasteiger partial charge in [-0.25, -0.2) is 9.97 Å². The van der Waals surface area contributed by atoms with E-state index in [1.54, 1.807) is 6.20 Å². The lowest BCUT2D eigenvalue weighted by Crippen LogP contribution is -1.94. The van der Waals surface area contributed by atoms with Gasteiger partial charge in [-0.05, 0) is 108 Å². The second kappa shape index (κ2) is 13.3. The van der Waals surface area contributed by atoms with Gasteiger partial charge in [0.2, 0.25) is 0 Å². The molecule has 14 aromatic rings. The highest BCUT2D eigenvalue weighted by atomic mass is 16.3. The van der Waals surface area contributed by atoms with E-state index in [2.05, 4.69) is 155 Å². The van der Waals surface area contributed by atoms with Crippen molar-refractivity contribution in [2.75, 3.05) is 0 Å². The molecule has 7 aromatic carbocycles. The standard InChI is InChI=1S/C57H33N5O2/c1-2-12-35(13-3-1)61-48-20-7-4-14-38(48)41-30-34(24-27-50(41)61)37-17-10-22-51-56(37)40-16-5-8-21-49(40)62(51)36-25-28-53-43(31-36)57-54(63-53)29-26-46(60-57)44-18-11-19-45(59-44)47-32-42-39-15-6-9-23-52(39)64-55(42)33-58-47/h1-33H. The average molecular weight is 820 g/mol. The molecular weight excluding hydrogens is 787 g/mol. The van der Waals surface area contributed by atoms with Crippen LogP contribution >= 0.6 is 0 Å². The molecule has 14 rings (SSSR count). The molecule has 298 valence electrons. The molecule has 0 atom stereocenters. The summed E-state index contributed by atoms with van der Waals surface area (Å²) in [6.07, 6.45) is 1.78. The van der Waals surface area contributed by atoms with Crippen LogP contribution in [0.15, 0.2) is 209 Å². The van der Waals surface area contributed by atoms with Gasteiger partial charge in [0.05, 0.1) is 51.0 Å². The van der Waals surface area contributed by atoms with Crippen molar-refractivity contribution in [1.29, 1.82) is 0 Å². The third-order valence-electron chi connectivity index (χ3n) is 12.8. The van der Waals surface area contributed by atoms with Gasteiger partial charge in [-0.1, -0.05) is 97.1 Å². The molecule has 0 saturated heterocycles. The Bertz CT molecular complexity index is 4210. The Morgan fingerprint density at radius 1 is 0.344 bits per heavy atom. The van der Waals surface area contributed by atoms with E-state index >= 15 is 0 Å².